The number of nitrogens with one attached hydrogen (secondary N) is 1. The van der Waals surface area contributed by atoms with E-state index in [1.54, 1.807) is 19.4 Å². The summed E-state index contributed by atoms with van der Waals surface area (Å²) in [7, 11) is 1.63. The Balaban J connectivity index is 1.54. The number of carbonyl (C=O) groups excluding carboxylic acids is 2. The zero-order valence-electron chi connectivity index (χ0n) is 21.5. The van der Waals surface area contributed by atoms with Crippen LogP contribution in [0.3, 0.4) is 0 Å². The summed E-state index contributed by atoms with van der Waals surface area (Å²) < 4.78 is 17.2. The quantitative estimate of drug-likeness (QED) is 0.306. The molecule has 1 fully saturated rings. The van der Waals surface area contributed by atoms with Crippen LogP contribution in [-0.2, 0) is 9.59 Å². The van der Waals surface area contributed by atoms with Crippen molar-refractivity contribution < 1.29 is 23.5 Å². The minimum Gasteiger partial charge on any atom is -0.496 e. The SMILES string of the molecule is CCOc1ccc(-c2coc3c(C)c(OC)c(/C(C)=C/C(=O)NCCCN4CCCC4=O)cc23)cc1. The van der Waals surface area contributed by atoms with Gasteiger partial charge in [0.15, 0.2) is 0 Å². The third-order valence-corrected chi connectivity index (χ3v) is 6.57. The van der Waals surface area contributed by atoms with Crippen molar-refractivity contribution in [1.82, 2.24) is 10.2 Å². The number of fused-ring (bicyclic) bond motifs is 1. The van der Waals surface area contributed by atoms with Crippen molar-refractivity contribution in [2.75, 3.05) is 33.4 Å². The van der Waals surface area contributed by atoms with E-state index < -0.39 is 0 Å². The zero-order valence-corrected chi connectivity index (χ0v) is 21.5. The fraction of sp³-hybridized carbons (Fsp3) is 0.379. The lowest BCUT2D eigenvalue weighted by molar-refractivity contribution is -0.127. The van der Waals surface area contributed by atoms with Gasteiger partial charge < -0.3 is 24.1 Å². The van der Waals surface area contributed by atoms with E-state index in [0.717, 1.165) is 63.9 Å². The van der Waals surface area contributed by atoms with Gasteiger partial charge in [-0.3, -0.25) is 9.59 Å². The average molecular weight is 491 g/mol. The van der Waals surface area contributed by atoms with Crippen molar-refractivity contribution in [3.05, 3.63) is 53.8 Å². The highest BCUT2D eigenvalue weighted by molar-refractivity contribution is 6.01. The molecule has 1 aromatic heterocycles. The highest BCUT2D eigenvalue weighted by atomic mass is 16.5. The molecule has 7 heteroatoms. The van der Waals surface area contributed by atoms with Crippen LogP contribution in [-0.4, -0.2) is 50.1 Å². The van der Waals surface area contributed by atoms with Crippen molar-refractivity contribution in [2.24, 2.45) is 0 Å². The number of ether oxygens (including phenoxy) is 2. The highest BCUT2D eigenvalue weighted by Gasteiger charge is 2.20. The lowest BCUT2D eigenvalue weighted by Crippen LogP contribution is -2.30. The van der Waals surface area contributed by atoms with Crippen molar-refractivity contribution in [1.29, 1.82) is 0 Å². The molecule has 190 valence electrons. The molecule has 1 saturated heterocycles. The van der Waals surface area contributed by atoms with E-state index in [-0.39, 0.29) is 11.8 Å². The summed E-state index contributed by atoms with van der Waals surface area (Å²) in [5, 5.41) is 3.89. The first-order valence-electron chi connectivity index (χ1n) is 12.5. The number of allylic oxidation sites excluding steroid dienone is 1. The Hall–Kier alpha value is -3.74. The van der Waals surface area contributed by atoms with Gasteiger partial charge in [0.05, 0.1) is 20.0 Å². The molecular weight excluding hydrogens is 456 g/mol. The van der Waals surface area contributed by atoms with Gasteiger partial charge in [-0.25, -0.2) is 0 Å². The summed E-state index contributed by atoms with van der Waals surface area (Å²) in [6.45, 7) is 8.46. The molecular formula is C29H34N2O5. The van der Waals surface area contributed by atoms with Crippen LogP contribution in [0.1, 0.15) is 44.2 Å². The molecule has 3 aromatic rings. The van der Waals surface area contributed by atoms with Crippen LogP contribution in [0.2, 0.25) is 0 Å². The fourth-order valence-electron chi connectivity index (χ4n) is 4.74. The standard InChI is InChI=1S/C29H34N2O5/c1-5-35-22-11-9-21(10-12-22)25-18-36-29-20(3)28(34-4)23(17-24(25)29)19(2)16-26(32)30-13-7-15-31-14-6-8-27(31)33/h9-12,16-18H,5-8,13-15H2,1-4H3,(H,30,32)/b19-16+. The van der Waals surface area contributed by atoms with Gasteiger partial charge in [0.2, 0.25) is 11.8 Å². The maximum absolute atomic E-state index is 12.6. The van der Waals surface area contributed by atoms with Crippen LogP contribution in [0, 0.1) is 6.92 Å². The lowest BCUT2D eigenvalue weighted by atomic mass is 9.96. The molecule has 2 aromatic carbocycles. The topological polar surface area (TPSA) is 81.0 Å². The van der Waals surface area contributed by atoms with Crippen molar-refractivity contribution in [3.63, 3.8) is 0 Å². The molecule has 0 spiro atoms. The van der Waals surface area contributed by atoms with Gasteiger partial charge in [0.1, 0.15) is 17.1 Å². The van der Waals surface area contributed by atoms with Gasteiger partial charge in [-0.2, -0.15) is 0 Å². The molecule has 7 nitrogen and oxygen atoms in total. The molecule has 1 N–H and O–H groups in total. The van der Waals surface area contributed by atoms with Crippen LogP contribution in [0.15, 0.2) is 47.1 Å². The summed E-state index contributed by atoms with van der Waals surface area (Å²) in [6.07, 6.45) is 5.65. The molecule has 0 unspecified atom stereocenters. The minimum atomic E-state index is -0.168. The van der Waals surface area contributed by atoms with E-state index in [2.05, 4.69) is 5.32 Å². The first-order chi connectivity index (χ1) is 17.4. The Morgan fingerprint density at radius 1 is 1.25 bits per heavy atom. The number of methoxy groups -OCH3 is 1. The van der Waals surface area contributed by atoms with Crippen LogP contribution in [0.4, 0.5) is 0 Å². The number of amides is 2. The maximum atomic E-state index is 12.6. The largest absolute Gasteiger partial charge is 0.496 e. The molecule has 0 saturated carbocycles. The molecule has 4 rings (SSSR count). The van der Waals surface area contributed by atoms with Crippen LogP contribution in [0.5, 0.6) is 11.5 Å². The Morgan fingerprint density at radius 3 is 2.69 bits per heavy atom. The number of likely N-dealkylation sites (tertiary alicyclic amines) is 1. The molecule has 0 aliphatic carbocycles. The third-order valence-electron chi connectivity index (χ3n) is 6.57. The van der Waals surface area contributed by atoms with Gasteiger partial charge in [0, 0.05) is 54.2 Å². The first kappa shape index (κ1) is 25.4. The lowest BCUT2D eigenvalue weighted by Gasteiger charge is -2.15. The van der Waals surface area contributed by atoms with E-state index in [9.17, 15) is 9.59 Å². The highest BCUT2D eigenvalue weighted by Crippen LogP contribution is 2.40. The predicted octanol–water partition coefficient (Wildman–Crippen LogP) is 5.35. The second-order valence-electron chi connectivity index (χ2n) is 9.02. The van der Waals surface area contributed by atoms with Gasteiger partial charge in [-0.15, -0.1) is 0 Å². The predicted molar refractivity (Wildman–Crippen MR) is 141 cm³/mol. The zero-order chi connectivity index (χ0) is 25.7. The average Bonchev–Trinajstić information content (AvgIpc) is 3.48. The van der Waals surface area contributed by atoms with Gasteiger partial charge in [-0.05, 0) is 62.9 Å². The van der Waals surface area contributed by atoms with Crippen molar-refractivity contribution >= 4 is 28.4 Å². The van der Waals surface area contributed by atoms with Gasteiger partial charge in [0.25, 0.3) is 0 Å². The molecule has 2 amide bonds. The van der Waals surface area contributed by atoms with E-state index in [1.807, 2.05) is 56.0 Å². The van der Waals surface area contributed by atoms with E-state index in [4.69, 9.17) is 13.9 Å². The van der Waals surface area contributed by atoms with E-state index in [1.165, 1.54) is 0 Å². The first-order valence-corrected chi connectivity index (χ1v) is 12.5. The number of nitrogens with zero attached hydrogens (tertiary/aromatic N) is 1. The van der Waals surface area contributed by atoms with Crippen molar-refractivity contribution in [2.45, 2.75) is 40.0 Å². The minimum absolute atomic E-state index is 0.168. The number of furan rings is 1. The fourth-order valence-corrected chi connectivity index (χ4v) is 4.74. The molecule has 36 heavy (non-hydrogen) atoms. The number of aryl methyl sites for hydroxylation is 1. The smallest absolute Gasteiger partial charge is 0.244 e. The number of benzene rings is 2. The molecule has 0 bridgehead atoms. The second-order valence-corrected chi connectivity index (χ2v) is 9.02. The number of rotatable bonds is 10. The Kier molecular flexibility index (Phi) is 7.98. The molecule has 0 atom stereocenters. The van der Waals surface area contributed by atoms with Crippen LogP contribution >= 0.6 is 0 Å². The monoisotopic (exact) mass is 490 g/mol. The summed E-state index contributed by atoms with van der Waals surface area (Å²) in [5.74, 6) is 1.55. The summed E-state index contributed by atoms with van der Waals surface area (Å²) in [6, 6.07) is 9.95. The molecule has 1 aliphatic heterocycles. The summed E-state index contributed by atoms with van der Waals surface area (Å²) in [5.41, 5.74) is 5.26. The third kappa shape index (κ3) is 5.40. The number of carbonyl (C=O) groups is 2. The molecule has 2 heterocycles. The van der Waals surface area contributed by atoms with Crippen LogP contribution in [0.25, 0.3) is 27.7 Å². The van der Waals surface area contributed by atoms with Crippen molar-refractivity contribution in [3.8, 4) is 22.6 Å². The normalized spacial score (nSPS) is 13.9. The van der Waals surface area contributed by atoms with Gasteiger partial charge >= 0.3 is 0 Å². The molecule has 0 radical (unpaired) electrons. The Morgan fingerprint density at radius 2 is 2.03 bits per heavy atom. The number of hydrogen-bond acceptors (Lipinski definition) is 5. The maximum Gasteiger partial charge on any atom is 0.244 e. The van der Waals surface area contributed by atoms with E-state index >= 15 is 0 Å². The molecule has 1 aliphatic rings. The summed E-state index contributed by atoms with van der Waals surface area (Å²) in [4.78, 5) is 26.2. The van der Waals surface area contributed by atoms with E-state index in [0.29, 0.717) is 31.9 Å². The second kappa shape index (κ2) is 11.3. The van der Waals surface area contributed by atoms with Gasteiger partial charge in [-0.1, -0.05) is 12.1 Å². The Bertz CT molecular complexity index is 1270. The van der Waals surface area contributed by atoms with Crippen LogP contribution < -0.4 is 14.8 Å². The number of hydrogen-bond donors (Lipinski definition) is 1. The Labute approximate surface area is 212 Å². The summed E-state index contributed by atoms with van der Waals surface area (Å²) >= 11 is 0.